The van der Waals surface area contributed by atoms with Gasteiger partial charge in [-0.15, -0.1) is 0 Å². The number of hydrogen-bond donors (Lipinski definition) is 1. The van der Waals surface area contributed by atoms with Crippen LogP contribution in [0.2, 0.25) is 0 Å². The molecule has 0 spiro atoms. The van der Waals surface area contributed by atoms with Gasteiger partial charge in [-0.2, -0.15) is 8.42 Å². The average molecular weight is 299 g/mol. The van der Waals surface area contributed by atoms with E-state index in [1.165, 1.54) is 6.07 Å². The molecule has 1 rings (SSSR count). The first-order valence-corrected chi connectivity index (χ1v) is 7.77. The van der Waals surface area contributed by atoms with Crippen molar-refractivity contribution in [3.05, 3.63) is 23.8 Å². The summed E-state index contributed by atoms with van der Waals surface area (Å²) in [6, 6.07) is 4.79. The van der Waals surface area contributed by atoms with Crippen molar-refractivity contribution in [1.29, 1.82) is 0 Å². The Kier molecular flexibility index (Phi) is 4.94. The van der Waals surface area contributed by atoms with E-state index >= 15 is 0 Å². The molecule has 0 aliphatic rings. The minimum absolute atomic E-state index is 0.0275. The number of rotatable bonds is 5. The Hall–Kier alpha value is -1.40. The monoisotopic (exact) mass is 299 g/mol. The van der Waals surface area contributed by atoms with Crippen molar-refractivity contribution in [2.45, 2.75) is 39.0 Å². The van der Waals surface area contributed by atoms with Crippen LogP contribution in [0.1, 0.15) is 32.8 Å². The van der Waals surface area contributed by atoms with Crippen LogP contribution in [0.3, 0.4) is 0 Å². The Morgan fingerprint density at radius 3 is 2.45 bits per heavy atom. The van der Waals surface area contributed by atoms with Crippen LogP contribution in [0.25, 0.3) is 0 Å². The standard InChI is InChI=1S/C14H21NO4S/c1-6-14(3,4)13(16)15-11-8-7-10(2)9-12(11)20(17,18)19-5/h7-9H,6H2,1-5H3,(H,15,16). The second-order valence-corrected chi connectivity index (χ2v) is 6.99. The number of amides is 1. The van der Waals surface area contributed by atoms with Gasteiger partial charge < -0.3 is 5.32 Å². The second-order valence-electron chi connectivity index (χ2n) is 5.31. The molecule has 0 unspecified atom stereocenters. The molecule has 0 saturated heterocycles. The number of anilines is 1. The van der Waals surface area contributed by atoms with E-state index < -0.39 is 15.5 Å². The highest BCUT2D eigenvalue weighted by Gasteiger charge is 2.27. The number of benzene rings is 1. The third-order valence-electron chi connectivity index (χ3n) is 3.37. The summed E-state index contributed by atoms with van der Waals surface area (Å²) in [7, 11) is -2.77. The summed E-state index contributed by atoms with van der Waals surface area (Å²) in [4.78, 5) is 12.1. The molecule has 0 radical (unpaired) electrons. The molecule has 0 atom stereocenters. The highest BCUT2D eigenvalue weighted by atomic mass is 32.2. The van der Waals surface area contributed by atoms with Crippen LogP contribution in [0.5, 0.6) is 0 Å². The Morgan fingerprint density at radius 2 is 1.95 bits per heavy atom. The predicted octanol–water partition coefficient (Wildman–Crippen LogP) is 2.70. The highest BCUT2D eigenvalue weighted by molar-refractivity contribution is 7.87. The van der Waals surface area contributed by atoms with Gasteiger partial charge in [-0.05, 0) is 31.0 Å². The molecule has 1 aromatic rings. The normalized spacial score (nSPS) is 12.2. The van der Waals surface area contributed by atoms with E-state index in [9.17, 15) is 13.2 Å². The first-order chi connectivity index (χ1) is 9.14. The van der Waals surface area contributed by atoms with Crippen molar-refractivity contribution in [1.82, 2.24) is 0 Å². The van der Waals surface area contributed by atoms with E-state index in [-0.39, 0.29) is 16.5 Å². The smallest absolute Gasteiger partial charge is 0.298 e. The van der Waals surface area contributed by atoms with Crippen molar-refractivity contribution in [2.24, 2.45) is 5.41 Å². The fourth-order valence-corrected chi connectivity index (χ4v) is 2.38. The third kappa shape index (κ3) is 3.58. The van der Waals surface area contributed by atoms with Crippen LogP contribution >= 0.6 is 0 Å². The molecular weight excluding hydrogens is 278 g/mol. The van der Waals surface area contributed by atoms with Gasteiger partial charge in [0, 0.05) is 5.41 Å². The van der Waals surface area contributed by atoms with E-state index in [0.29, 0.717) is 6.42 Å². The van der Waals surface area contributed by atoms with Gasteiger partial charge in [0.2, 0.25) is 5.91 Å². The lowest BCUT2D eigenvalue weighted by Crippen LogP contribution is -2.30. The fraction of sp³-hybridized carbons (Fsp3) is 0.500. The maximum Gasteiger partial charge on any atom is 0.298 e. The average Bonchev–Trinajstić information content (AvgIpc) is 2.40. The minimum atomic E-state index is -3.86. The zero-order valence-corrected chi connectivity index (χ0v) is 13.3. The molecule has 0 heterocycles. The Morgan fingerprint density at radius 1 is 1.35 bits per heavy atom. The summed E-state index contributed by atoms with van der Waals surface area (Å²) in [6.07, 6.45) is 0.650. The molecule has 112 valence electrons. The van der Waals surface area contributed by atoms with E-state index in [4.69, 9.17) is 0 Å². The van der Waals surface area contributed by atoms with Crippen molar-refractivity contribution < 1.29 is 17.4 Å². The first-order valence-electron chi connectivity index (χ1n) is 6.37. The van der Waals surface area contributed by atoms with Crippen molar-refractivity contribution in [3.63, 3.8) is 0 Å². The molecule has 0 aliphatic heterocycles. The molecule has 0 bridgehead atoms. The van der Waals surface area contributed by atoms with E-state index in [2.05, 4.69) is 9.50 Å². The molecule has 20 heavy (non-hydrogen) atoms. The summed E-state index contributed by atoms with van der Waals surface area (Å²) in [5.41, 5.74) is 0.441. The van der Waals surface area contributed by atoms with Crippen LogP contribution in [0, 0.1) is 12.3 Å². The van der Waals surface area contributed by atoms with Crippen LogP contribution < -0.4 is 5.32 Å². The molecule has 1 aromatic carbocycles. The molecule has 0 aromatic heterocycles. The highest BCUT2D eigenvalue weighted by Crippen LogP contribution is 2.27. The van der Waals surface area contributed by atoms with E-state index in [1.807, 2.05) is 6.92 Å². The lowest BCUT2D eigenvalue weighted by Gasteiger charge is -2.22. The topological polar surface area (TPSA) is 72.5 Å². The summed E-state index contributed by atoms with van der Waals surface area (Å²) in [5, 5.41) is 2.67. The van der Waals surface area contributed by atoms with Gasteiger partial charge in [-0.25, -0.2) is 0 Å². The van der Waals surface area contributed by atoms with Gasteiger partial charge in [-0.1, -0.05) is 26.8 Å². The summed E-state index contributed by atoms with van der Waals surface area (Å²) in [5.74, 6) is -0.226. The van der Waals surface area contributed by atoms with E-state index in [1.54, 1.807) is 32.9 Å². The number of nitrogens with one attached hydrogen (secondary N) is 1. The Bertz CT molecular complexity index is 606. The van der Waals surface area contributed by atoms with Crippen molar-refractivity contribution in [3.8, 4) is 0 Å². The molecular formula is C14H21NO4S. The molecule has 1 N–H and O–H groups in total. The quantitative estimate of drug-likeness (QED) is 0.848. The molecule has 6 heteroatoms. The van der Waals surface area contributed by atoms with Gasteiger partial charge in [0.05, 0.1) is 12.8 Å². The van der Waals surface area contributed by atoms with Gasteiger partial charge in [-0.3, -0.25) is 8.98 Å². The van der Waals surface area contributed by atoms with Gasteiger partial charge in [0.1, 0.15) is 4.90 Å². The van der Waals surface area contributed by atoms with Crippen LogP contribution in [-0.2, 0) is 19.1 Å². The SMILES string of the molecule is CCC(C)(C)C(=O)Nc1ccc(C)cc1S(=O)(=O)OC. The zero-order valence-electron chi connectivity index (χ0n) is 12.5. The van der Waals surface area contributed by atoms with Gasteiger partial charge >= 0.3 is 0 Å². The largest absolute Gasteiger partial charge is 0.324 e. The van der Waals surface area contributed by atoms with Crippen molar-refractivity contribution >= 4 is 21.7 Å². The van der Waals surface area contributed by atoms with Crippen LogP contribution in [0.4, 0.5) is 5.69 Å². The zero-order chi connectivity index (χ0) is 15.6. The molecule has 0 saturated carbocycles. The number of carbonyl (C=O) groups excluding carboxylic acids is 1. The van der Waals surface area contributed by atoms with Crippen LogP contribution in [0.15, 0.2) is 23.1 Å². The Labute approximate surface area is 120 Å². The number of aryl methyl sites for hydroxylation is 1. The summed E-state index contributed by atoms with van der Waals surface area (Å²) < 4.78 is 28.3. The lowest BCUT2D eigenvalue weighted by atomic mass is 9.89. The fourth-order valence-electron chi connectivity index (χ4n) is 1.48. The number of carbonyl (C=O) groups is 1. The molecule has 1 amide bonds. The van der Waals surface area contributed by atoms with Gasteiger partial charge in [0.25, 0.3) is 10.1 Å². The Balaban J connectivity index is 3.24. The molecule has 5 nitrogen and oxygen atoms in total. The molecule has 0 aliphatic carbocycles. The maximum atomic E-state index is 12.2. The molecule has 0 fully saturated rings. The van der Waals surface area contributed by atoms with E-state index in [0.717, 1.165) is 12.7 Å². The number of hydrogen-bond acceptors (Lipinski definition) is 4. The third-order valence-corrected chi connectivity index (χ3v) is 4.69. The van der Waals surface area contributed by atoms with Crippen molar-refractivity contribution in [2.75, 3.05) is 12.4 Å². The maximum absolute atomic E-state index is 12.2. The predicted molar refractivity (Wildman–Crippen MR) is 78.1 cm³/mol. The summed E-state index contributed by atoms with van der Waals surface area (Å²) >= 11 is 0. The minimum Gasteiger partial charge on any atom is -0.324 e. The lowest BCUT2D eigenvalue weighted by molar-refractivity contribution is -0.124. The first kappa shape index (κ1) is 16.7. The van der Waals surface area contributed by atoms with Crippen LogP contribution in [-0.4, -0.2) is 21.4 Å². The van der Waals surface area contributed by atoms with Gasteiger partial charge in [0.15, 0.2) is 0 Å². The second kappa shape index (κ2) is 5.93. The summed E-state index contributed by atoms with van der Waals surface area (Å²) in [6.45, 7) is 7.29.